The molecular weight excluding hydrogens is 382 g/mol. The van der Waals surface area contributed by atoms with E-state index in [-0.39, 0.29) is 42.7 Å². The summed E-state index contributed by atoms with van der Waals surface area (Å²) in [5.74, 6) is -0.221. The third-order valence-electron chi connectivity index (χ3n) is 4.04. The van der Waals surface area contributed by atoms with Gasteiger partial charge in [-0.3, -0.25) is 9.59 Å². The molecular formula is C16H23BrClN3O2. The summed E-state index contributed by atoms with van der Waals surface area (Å²) in [6, 6.07) is 5.76. The molecule has 1 saturated carbocycles. The van der Waals surface area contributed by atoms with E-state index >= 15 is 0 Å². The van der Waals surface area contributed by atoms with Gasteiger partial charge in [0.1, 0.15) is 0 Å². The van der Waals surface area contributed by atoms with E-state index in [4.69, 9.17) is 5.73 Å². The lowest BCUT2D eigenvalue weighted by atomic mass is 10.1. The van der Waals surface area contributed by atoms with Crippen LogP contribution in [0, 0.1) is 12.8 Å². The van der Waals surface area contributed by atoms with Crippen LogP contribution in [0.5, 0.6) is 0 Å². The Morgan fingerprint density at radius 1 is 1.39 bits per heavy atom. The Balaban J connectivity index is 0.00000264. The third kappa shape index (κ3) is 5.48. The molecule has 23 heavy (non-hydrogen) atoms. The molecule has 0 aliphatic heterocycles. The number of nitrogens with one attached hydrogen (secondary N) is 1. The number of hydrogen-bond donors (Lipinski definition) is 2. The largest absolute Gasteiger partial charge is 0.336 e. The predicted molar refractivity (Wildman–Crippen MR) is 97.7 cm³/mol. The molecule has 1 aliphatic carbocycles. The van der Waals surface area contributed by atoms with Crippen molar-refractivity contribution >= 4 is 45.8 Å². The van der Waals surface area contributed by atoms with Crippen molar-refractivity contribution in [3.8, 4) is 0 Å². The van der Waals surface area contributed by atoms with Gasteiger partial charge in [-0.05, 0) is 49.9 Å². The van der Waals surface area contributed by atoms with Gasteiger partial charge in [0.05, 0.1) is 6.54 Å². The zero-order valence-electron chi connectivity index (χ0n) is 13.3. The summed E-state index contributed by atoms with van der Waals surface area (Å²) >= 11 is 3.39. The average Bonchev–Trinajstić information content (AvgIpc) is 2.87. The molecule has 0 heterocycles. The van der Waals surface area contributed by atoms with Crippen molar-refractivity contribution in [2.45, 2.75) is 32.2 Å². The maximum Gasteiger partial charge on any atom is 0.243 e. The van der Waals surface area contributed by atoms with Crippen LogP contribution in [0.15, 0.2) is 22.7 Å². The van der Waals surface area contributed by atoms with Gasteiger partial charge in [-0.2, -0.15) is 0 Å². The normalized spacial score (nSPS) is 19.8. The Bertz CT molecular complexity index is 582. The number of benzene rings is 1. The molecule has 2 atom stereocenters. The minimum atomic E-state index is -0.191. The van der Waals surface area contributed by atoms with E-state index < -0.39 is 0 Å². The summed E-state index contributed by atoms with van der Waals surface area (Å²) in [4.78, 5) is 25.9. The van der Waals surface area contributed by atoms with Gasteiger partial charge in [0.25, 0.3) is 0 Å². The Hall–Kier alpha value is -1.11. The molecule has 0 saturated heterocycles. The zero-order chi connectivity index (χ0) is 16.3. The van der Waals surface area contributed by atoms with Crippen LogP contribution in [0.2, 0.25) is 0 Å². The first kappa shape index (κ1) is 19.9. The number of nitrogens with two attached hydrogens (primary N) is 1. The van der Waals surface area contributed by atoms with Crippen LogP contribution in [-0.4, -0.2) is 36.3 Å². The van der Waals surface area contributed by atoms with Crippen LogP contribution in [0.1, 0.15) is 24.8 Å². The number of nitrogens with zero attached hydrogens (tertiary/aromatic N) is 1. The molecule has 1 aliphatic rings. The van der Waals surface area contributed by atoms with Gasteiger partial charge < -0.3 is 16.0 Å². The lowest BCUT2D eigenvalue weighted by Crippen LogP contribution is -2.38. The van der Waals surface area contributed by atoms with Gasteiger partial charge in [0.15, 0.2) is 0 Å². The highest BCUT2D eigenvalue weighted by atomic mass is 79.9. The second-order valence-electron chi connectivity index (χ2n) is 5.97. The highest BCUT2D eigenvalue weighted by molar-refractivity contribution is 9.10. The number of aryl methyl sites for hydroxylation is 1. The van der Waals surface area contributed by atoms with Crippen molar-refractivity contribution in [2.75, 3.05) is 18.9 Å². The fourth-order valence-corrected chi connectivity index (χ4v) is 3.28. The number of carbonyl (C=O) groups excluding carboxylic acids is 2. The van der Waals surface area contributed by atoms with E-state index in [1.165, 1.54) is 4.90 Å². The molecule has 2 amide bonds. The van der Waals surface area contributed by atoms with Gasteiger partial charge in [0, 0.05) is 29.2 Å². The molecule has 5 nitrogen and oxygen atoms in total. The summed E-state index contributed by atoms with van der Waals surface area (Å²) < 4.78 is 0.966. The Labute approximate surface area is 151 Å². The summed E-state index contributed by atoms with van der Waals surface area (Å²) in [6.45, 7) is 1.98. The third-order valence-corrected chi connectivity index (χ3v) is 4.54. The summed E-state index contributed by atoms with van der Waals surface area (Å²) in [6.07, 6.45) is 2.42. The van der Waals surface area contributed by atoms with Crippen molar-refractivity contribution in [3.63, 3.8) is 0 Å². The van der Waals surface area contributed by atoms with Crippen LogP contribution >= 0.6 is 28.3 Å². The fourth-order valence-electron chi connectivity index (χ4n) is 2.80. The highest BCUT2D eigenvalue weighted by Gasteiger charge is 2.30. The minimum absolute atomic E-state index is 0. The molecule has 128 valence electrons. The molecule has 0 spiro atoms. The number of carbonyl (C=O) groups is 2. The smallest absolute Gasteiger partial charge is 0.243 e. The van der Waals surface area contributed by atoms with E-state index in [1.54, 1.807) is 7.05 Å². The van der Waals surface area contributed by atoms with Crippen molar-refractivity contribution in [1.29, 1.82) is 0 Å². The number of anilines is 1. The molecule has 0 radical (unpaired) electrons. The van der Waals surface area contributed by atoms with Crippen LogP contribution in [-0.2, 0) is 9.59 Å². The Morgan fingerprint density at radius 2 is 2.09 bits per heavy atom. The van der Waals surface area contributed by atoms with E-state index in [0.717, 1.165) is 35.0 Å². The van der Waals surface area contributed by atoms with E-state index in [1.807, 2.05) is 25.1 Å². The van der Waals surface area contributed by atoms with Crippen molar-refractivity contribution in [1.82, 2.24) is 4.90 Å². The topological polar surface area (TPSA) is 75.4 Å². The van der Waals surface area contributed by atoms with E-state index in [9.17, 15) is 9.59 Å². The van der Waals surface area contributed by atoms with Gasteiger partial charge in [-0.15, -0.1) is 12.4 Å². The first-order valence-electron chi connectivity index (χ1n) is 7.43. The van der Waals surface area contributed by atoms with Crippen molar-refractivity contribution < 1.29 is 9.59 Å². The number of halogens is 2. The molecule has 3 N–H and O–H groups in total. The van der Waals surface area contributed by atoms with Gasteiger partial charge in [0.2, 0.25) is 11.8 Å². The molecule has 0 aromatic heterocycles. The highest BCUT2D eigenvalue weighted by Crippen LogP contribution is 2.25. The molecule has 2 rings (SSSR count). The van der Waals surface area contributed by atoms with Gasteiger partial charge >= 0.3 is 0 Å². The molecule has 1 fully saturated rings. The Morgan fingerprint density at radius 3 is 2.65 bits per heavy atom. The first-order valence-corrected chi connectivity index (χ1v) is 8.22. The second-order valence-corrected chi connectivity index (χ2v) is 6.89. The Kier molecular flexibility index (Phi) is 7.51. The summed E-state index contributed by atoms with van der Waals surface area (Å²) in [5, 5.41) is 2.84. The number of amides is 2. The molecule has 1 aromatic rings. The zero-order valence-corrected chi connectivity index (χ0v) is 15.7. The maximum absolute atomic E-state index is 12.3. The lowest BCUT2D eigenvalue weighted by molar-refractivity contribution is -0.136. The molecule has 0 bridgehead atoms. The van der Waals surface area contributed by atoms with Crippen LogP contribution in [0.4, 0.5) is 5.69 Å². The maximum atomic E-state index is 12.3. The quantitative estimate of drug-likeness (QED) is 0.810. The van der Waals surface area contributed by atoms with Gasteiger partial charge in [-0.25, -0.2) is 0 Å². The summed E-state index contributed by atoms with van der Waals surface area (Å²) in [7, 11) is 1.67. The first-order chi connectivity index (χ1) is 10.4. The monoisotopic (exact) mass is 403 g/mol. The molecule has 2 unspecified atom stereocenters. The van der Waals surface area contributed by atoms with Crippen LogP contribution < -0.4 is 11.1 Å². The predicted octanol–water partition coefficient (Wildman–Crippen LogP) is 2.70. The minimum Gasteiger partial charge on any atom is -0.336 e. The van der Waals surface area contributed by atoms with Gasteiger partial charge in [-0.1, -0.05) is 15.9 Å². The number of rotatable bonds is 4. The SMILES string of the molecule is Cc1cc(Br)ccc1NC(=O)CN(C)C(=O)C1CCC(N)C1.Cl. The second kappa shape index (κ2) is 8.66. The number of hydrogen-bond acceptors (Lipinski definition) is 3. The molecule has 7 heteroatoms. The lowest BCUT2D eigenvalue weighted by Gasteiger charge is -2.21. The van der Waals surface area contributed by atoms with Crippen LogP contribution in [0.25, 0.3) is 0 Å². The standard InChI is InChI=1S/C16H22BrN3O2.ClH/c1-10-7-12(17)4-6-14(10)19-15(21)9-20(2)16(22)11-3-5-13(18)8-11;/h4,6-7,11,13H,3,5,8-9,18H2,1-2H3,(H,19,21);1H. The summed E-state index contributed by atoms with van der Waals surface area (Å²) in [5.41, 5.74) is 7.57. The number of likely N-dealkylation sites (N-methyl/N-ethyl adjacent to an activating group) is 1. The van der Waals surface area contributed by atoms with Crippen molar-refractivity contribution in [2.24, 2.45) is 11.7 Å². The van der Waals surface area contributed by atoms with Crippen molar-refractivity contribution in [3.05, 3.63) is 28.2 Å². The molecule has 1 aromatic carbocycles. The van der Waals surface area contributed by atoms with Crippen LogP contribution in [0.3, 0.4) is 0 Å². The average molecular weight is 405 g/mol. The van der Waals surface area contributed by atoms with E-state index in [0.29, 0.717) is 0 Å². The van der Waals surface area contributed by atoms with E-state index in [2.05, 4.69) is 21.2 Å². The fraction of sp³-hybridized carbons (Fsp3) is 0.500.